The van der Waals surface area contributed by atoms with Gasteiger partial charge in [-0.05, 0) is 37.5 Å². The van der Waals surface area contributed by atoms with Gasteiger partial charge in [-0.3, -0.25) is 4.90 Å². The highest BCUT2D eigenvalue weighted by molar-refractivity contribution is 5.79. The molecule has 0 spiro atoms. The lowest BCUT2D eigenvalue weighted by Crippen LogP contribution is -2.56. The molecule has 1 aliphatic heterocycles. The SMILES string of the molecule is CCNC(=NCc1ccccc1COCc1ccccc1)NCC(C)(C)N1CCOCC1. The molecule has 6 nitrogen and oxygen atoms in total. The molecule has 0 aliphatic carbocycles. The number of morpholine rings is 1. The molecular formula is C26H38N4O2. The number of benzene rings is 2. The molecule has 0 unspecified atom stereocenters. The third-order valence-electron chi connectivity index (χ3n) is 5.79. The van der Waals surface area contributed by atoms with Crippen molar-refractivity contribution in [3.05, 3.63) is 71.3 Å². The van der Waals surface area contributed by atoms with Crippen molar-refractivity contribution in [2.24, 2.45) is 4.99 Å². The fourth-order valence-electron chi connectivity index (χ4n) is 3.79. The Kier molecular flexibility index (Phi) is 9.53. The Bertz CT molecular complexity index is 833. The minimum atomic E-state index is 0.0309. The number of guanidine groups is 1. The second kappa shape index (κ2) is 12.6. The minimum absolute atomic E-state index is 0.0309. The summed E-state index contributed by atoms with van der Waals surface area (Å²) in [6.45, 7) is 13.6. The van der Waals surface area contributed by atoms with Crippen LogP contribution in [0.25, 0.3) is 0 Å². The van der Waals surface area contributed by atoms with Gasteiger partial charge < -0.3 is 20.1 Å². The molecule has 0 aromatic heterocycles. The van der Waals surface area contributed by atoms with Crippen LogP contribution in [0.3, 0.4) is 0 Å². The van der Waals surface area contributed by atoms with E-state index >= 15 is 0 Å². The summed E-state index contributed by atoms with van der Waals surface area (Å²) < 4.78 is 11.5. The summed E-state index contributed by atoms with van der Waals surface area (Å²) in [4.78, 5) is 7.33. The Morgan fingerprint density at radius 3 is 2.38 bits per heavy atom. The van der Waals surface area contributed by atoms with Crippen LogP contribution in [-0.4, -0.2) is 55.8 Å². The zero-order valence-corrected chi connectivity index (χ0v) is 19.8. The van der Waals surface area contributed by atoms with Crippen molar-refractivity contribution in [1.82, 2.24) is 15.5 Å². The normalized spacial score (nSPS) is 15.5. The first kappa shape index (κ1) is 24.2. The number of hydrogen-bond acceptors (Lipinski definition) is 4. The third-order valence-corrected chi connectivity index (χ3v) is 5.79. The highest BCUT2D eigenvalue weighted by Gasteiger charge is 2.28. The van der Waals surface area contributed by atoms with Crippen molar-refractivity contribution >= 4 is 5.96 Å². The Morgan fingerprint density at radius 2 is 1.66 bits per heavy atom. The number of aliphatic imine (C=N–C) groups is 1. The van der Waals surface area contributed by atoms with Crippen molar-refractivity contribution in [2.45, 2.75) is 46.1 Å². The zero-order chi connectivity index (χ0) is 22.7. The van der Waals surface area contributed by atoms with E-state index in [1.165, 1.54) is 16.7 Å². The van der Waals surface area contributed by atoms with Gasteiger partial charge in [-0.15, -0.1) is 0 Å². The Morgan fingerprint density at radius 1 is 0.969 bits per heavy atom. The van der Waals surface area contributed by atoms with E-state index in [2.05, 4.69) is 72.7 Å². The van der Waals surface area contributed by atoms with Crippen molar-refractivity contribution in [2.75, 3.05) is 39.4 Å². The highest BCUT2D eigenvalue weighted by atomic mass is 16.5. The van der Waals surface area contributed by atoms with Crippen LogP contribution >= 0.6 is 0 Å². The van der Waals surface area contributed by atoms with Crippen LogP contribution in [0.15, 0.2) is 59.6 Å². The van der Waals surface area contributed by atoms with E-state index in [0.29, 0.717) is 19.8 Å². The Hall–Kier alpha value is -2.41. The summed E-state index contributed by atoms with van der Waals surface area (Å²) in [5.74, 6) is 0.842. The number of nitrogens with zero attached hydrogens (tertiary/aromatic N) is 2. The van der Waals surface area contributed by atoms with E-state index in [1.807, 2.05) is 18.2 Å². The topological polar surface area (TPSA) is 58.1 Å². The molecule has 3 rings (SSSR count). The van der Waals surface area contributed by atoms with E-state index in [0.717, 1.165) is 45.4 Å². The molecule has 0 radical (unpaired) electrons. The van der Waals surface area contributed by atoms with Crippen LogP contribution in [0.1, 0.15) is 37.5 Å². The molecular weight excluding hydrogens is 400 g/mol. The molecule has 1 aliphatic rings. The predicted molar refractivity (Wildman–Crippen MR) is 131 cm³/mol. The lowest BCUT2D eigenvalue weighted by Gasteiger charge is -2.41. The van der Waals surface area contributed by atoms with Crippen LogP contribution in [-0.2, 0) is 29.2 Å². The predicted octanol–water partition coefficient (Wildman–Crippen LogP) is 3.57. The first-order chi connectivity index (χ1) is 15.6. The van der Waals surface area contributed by atoms with Gasteiger partial charge in [-0.1, -0.05) is 54.6 Å². The van der Waals surface area contributed by atoms with Crippen LogP contribution in [0, 0.1) is 0 Å². The zero-order valence-electron chi connectivity index (χ0n) is 19.8. The molecule has 0 bridgehead atoms. The van der Waals surface area contributed by atoms with Gasteiger partial charge in [0.05, 0.1) is 33.0 Å². The smallest absolute Gasteiger partial charge is 0.191 e. The monoisotopic (exact) mass is 438 g/mol. The van der Waals surface area contributed by atoms with Crippen molar-refractivity contribution in [3.8, 4) is 0 Å². The van der Waals surface area contributed by atoms with Gasteiger partial charge >= 0.3 is 0 Å². The summed E-state index contributed by atoms with van der Waals surface area (Å²) in [5.41, 5.74) is 3.58. The van der Waals surface area contributed by atoms with Gasteiger partial charge in [-0.2, -0.15) is 0 Å². The first-order valence-corrected chi connectivity index (χ1v) is 11.6. The third kappa shape index (κ3) is 7.62. The molecule has 1 heterocycles. The molecule has 6 heteroatoms. The molecule has 0 atom stereocenters. The second-order valence-corrected chi connectivity index (χ2v) is 8.71. The van der Waals surface area contributed by atoms with Gasteiger partial charge in [-0.25, -0.2) is 4.99 Å². The molecule has 1 saturated heterocycles. The fourth-order valence-corrected chi connectivity index (χ4v) is 3.79. The summed E-state index contributed by atoms with van der Waals surface area (Å²) in [6, 6.07) is 18.6. The van der Waals surface area contributed by atoms with Gasteiger partial charge in [0.2, 0.25) is 0 Å². The maximum atomic E-state index is 5.96. The summed E-state index contributed by atoms with van der Waals surface area (Å²) in [7, 11) is 0. The second-order valence-electron chi connectivity index (χ2n) is 8.71. The van der Waals surface area contributed by atoms with Gasteiger partial charge in [0, 0.05) is 31.7 Å². The van der Waals surface area contributed by atoms with Gasteiger partial charge in [0.25, 0.3) is 0 Å². The Balaban J connectivity index is 1.57. The standard InChI is InChI=1S/C26H38N4O2/c1-4-27-25(29-21-26(2,3)30-14-16-31-17-15-30)28-18-23-12-8-9-13-24(23)20-32-19-22-10-6-5-7-11-22/h5-13H,4,14-21H2,1-3H3,(H2,27,28,29). The summed E-state index contributed by atoms with van der Waals surface area (Å²) in [6.07, 6.45) is 0. The van der Waals surface area contributed by atoms with E-state index in [9.17, 15) is 0 Å². The lowest BCUT2D eigenvalue weighted by atomic mass is 10.0. The largest absolute Gasteiger partial charge is 0.379 e. The molecule has 0 amide bonds. The fraction of sp³-hybridized carbons (Fsp3) is 0.500. The van der Waals surface area contributed by atoms with Crippen molar-refractivity contribution < 1.29 is 9.47 Å². The van der Waals surface area contributed by atoms with Crippen LogP contribution < -0.4 is 10.6 Å². The number of ether oxygens (including phenoxy) is 2. The Labute approximate surface area is 193 Å². The average molecular weight is 439 g/mol. The number of nitrogens with one attached hydrogen (secondary N) is 2. The van der Waals surface area contributed by atoms with Gasteiger partial charge in [0.15, 0.2) is 5.96 Å². The molecule has 2 aromatic carbocycles. The summed E-state index contributed by atoms with van der Waals surface area (Å²) in [5, 5.41) is 6.91. The first-order valence-electron chi connectivity index (χ1n) is 11.6. The average Bonchev–Trinajstić information content (AvgIpc) is 2.83. The maximum Gasteiger partial charge on any atom is 0.191 e. The van der Waals surface area contributed by atoms with Crippen LogP contribution in [0.5, 0.6) is 0 Å². The minimum Gasteiger partial charge on any atom is -0.379 e. The molecule has 2 N–H and O–H groups in total. The quantitative estimate of drug-likeness (QED) is 0.439. The van der Waals surface area contributed by atoms with E-state index in [4.69, 9.17) is 14.5 Å². The van der Waals surface area contributed by atoms with Crippen molar-refractivity contribution in [3.63, 3.8) is 0 Å². The van der Waals surface area contributed by atoms with Crippen molar-refractivity contribution in [1.29, 1.82) is 0 Å². The van der Waals surface area contributed by atoms with Gasteiger partial charge in [0.1, 0.15) is 0 Å². The van der Waals surface area contributed by atoms with Crippen LogP contribution in [0.2, 0.25) is 0 Å². The molecule has 1 fully saturated rings. The van der Waals surface area contributed by atoms with Crippen LogP contribution in [0.4, 0.5) is 0 Å². The highest BCUT2D eigenvalue weighted by Crippen LogP contribution is 2.16. The maximum absolute atomic E-state index is 5.96. The molecule has 2 aromatic rings. The lowest BCUT2D eigenvalue weighted by molar-refractivity contribution is -0.00834. The van der Waals surface area contributed by atoms with E-state index in [-0.39, 0.29) is 5.54 Å². The molecule has 0 saturated carbocycles. The molecule has 174 valence electrons. The van der Waals surface area contributed by atoms with E-state index in [1.54, 1.807) is 0 Å². The van der Waals surface area contributed by atoms with E-state index < -0.39 is 0 Å². The summed E-state index contributed by atoms with van der Waals surface area (Å²) >= 11 is 0. The number of hydrogen-bond donors (Lipinski definition) is 2. The number of rotatable bonds is 10. The molecule has 32 heavy (non-hydrogen) atoms.